The van der Waals surface area contributed by atoms with Gasteiger partial charge in [0.2, 0.25) is 11.8 Å². The quantitative estimate of drug-likeness (QED) is 0.407. The van der Waals surface area contributed by atoms with Crippen LogP contribution in [0.4, 0.5) is 19.3 Å². The fourth-order valence-electron chi connectivity index (χ4n) is 5.07. The van der Waals surface area contributed by atoms with Crippen LogP contribution in [0.3, 0.4) is 0 Å². The van der Waals surface area contributed by atoms with Crippen LogP contribution in [0.25, 0.3) is 11.1 Å². The second-order valence-electron chi connectivity index (χ2n) is 10.3. The van der Waals surface area contributed by atoms with Gasteiger partial charge in [-0.2, -0.15) is 5.26 Å². The van der Waals surface area contributed by atoms with E-state index in [0.717, 1.165) is 0 Å². The largest absolute Gasteiger partial charge is 0.329 e. The SMILES string of the molecule is CC(C)(NC(=O)Nc1ccc2c(c1F)CN(C1CCC(=O)NC1=O)C2=O)c1ccc(-c2cncc(C#N)c2)cc1F. The first-order valence-electron chi connectivity index (χ1n) is 12.7. The molecular weight excluding hydrogens is 534 g/mol. The maximum absolute atomic E-state index is 15.4. The predicted molar refractivity (Wildman–Crippen MR) is 142 cm³/mol. The number of benzene rings is 2. The first-order chi connectivity index (χ1) is 19.5. The van der Waals surface area contributed by atoms with Crippen LogP contribution in [-0.2, 0) is 21.7 Å². The number of nitriles is 1. The molecule has 1 atom stereocenters. The number of imide groups is 1. The van der Waals surface area contributed by atoms with Crippen molar-refractivity contribution in [3.63, 3.8) is 0 Å². The number of halogens is 2. The summed E-state index contributed by atoms with van der Waals surface area (Å²) in [6, 6.07) is 8.89. The molecule has 1 saturated heterocycles. The Bertz CT molecular complexity index is 1670. The summed E-state index contributed by atoms with van der Waals surface area (Å²) in [5, 5.41) is 16.3. The van der Waals surface area contributed by atoms with Crippen molar-refractivity contribution in [2.45, 2.75) is 44.8 Å². The molecule has 3 heterocycles. The van der Waals surface area contributed by atoms with Gasteiger partial charge in [-0.05, 0) is 50.1 Å². The molecule has 41 heavy (non-hydrogen) atoms. The minimum atomic E-state index is -1.22. The van der Waals surface area contributed by atoms with Crippen LogP contribution in [0.2, 0.25) is 0 Å². The van der Waals surface area contributed by atoms with E-state index in [2.05, 4.69) is 20.9 Å². The molecule has 10 nitrogen and oxygen atoms in total. The molecule has 3 N–H and O–H groups in total. The molecule has 5 rings (SSSR count). The molecule has 2 aliphatic heterocycles. The third kappa shape index (κ3) is 5.21. The van der Waals surface area contributed by atoms with E-state index >= 15 is 8.78 Å². The van der Waals surface area contributed by atoms with Gasteiger partial charge in [-0.1, -0.05) is 12.1 Å². The molecular formula is C29H24F2N6O4. The number of nitrogens with zero attached hydrogens (tertiary/aromatic N) is 3. The number of hydrogen-bond acceptors (Lipinski definition) is 6. The van der Waals surface area contributed by atoms with Gasteiger partial charge in [-0.15, -0.1) is 0 Å². The Morgan fingerprint density at radius 2 is 1.90 bits per heavy atom. The Kier molecular flexibility index (Phi) is 6.96. The van der Waals surface area contributed by atoms with E-state index < -0.39 is 47.0 Å². The van der Waals surface area contributed by atoms with Crippen LogP contribution in [0.5, 0.6) is 0 Å². The molecule has 1 unspecified atom stereocenters. The lowest BCUT2D eigenvalue weighted by Gasteiger charge is -2.29. The summed E-state index contributed by atoms with van der Waals surface area (Å²) in [5.74, 6) is -3.02. The average molecular weight is 559 g/mol. The van der Waals surface area contributed by atoms with Crippen LogP contribution in [0.1, 0.15) is 53.7 Å². The number of carbonyl (C=O) groups is 4. The molecule has 208 valence electrons. The molecule has 0 saturated carbocycles. The highest BCUT2D eigenvalue weighted by Crippen LogP contribution is 2.33. The van der Waals surface area contributed by atoms with Gasteiger partial charge in [-0.3, -0.25) is 24.7 Å². The highest BCUT2D eigenvalue weighted by Gasteiger charge is 2.40. The van der Waals surface area contributed by atoms with Gasteiger partial charge in [0.25, 0.3) is 5.91 Å². The van der Waals surface area contributed by atoms with Gasteiger partial charge in [0.05, 0.1) is 23.3 Å². The van der Waals surface area contributed by atoms with Crippen molar-refractivity contribution in [2.75, 3.05) is 5.32 Å². The molecule has 1 aromatic heterocycles. The van der Waals surface area contributed by atoms with Crippen molar-refractivity contribution >= 4 is 29.4 Å². The Labute approximate surface area is 233 Å². The maximum Gasteiger partial charge on any atom is 0.320 e. The number of nitrogens with one attached hydrogen (secondary N) is 3. The second kappa shape index (κ2) is 10.4. The van der Waals surface area contributed by atoms with E-state index in [0.29, 0.717) is 16.7 Å². The Balaban J connectivity index is 1.30. The van der Waals surface area contributed by atoms with Crippen LogP contribution in [0.15, 0.2) is 48.8 Å². The van der Waals surface area contributed by atoms with Gasteiger partial charge >= 0.3 is 6.03 Å². The Morgan fingerprint density at radius 1 is 1.12 bits per heavy atom. The number of piperidine rings is 1. The van der Waals surface area contributed by atoms with Gasteiger partial charge in [0, 0.05) is 41.1 Å². The summed E-state index contributed by atoms with van der Waals surface area (Å²) in [7, 11) is 0. The van der Waals surface area contributed by atoms with Crippen molar-refractivity contribution in [1.29, 1.82) is 5.26 Å². The van der Waals surface area contributed by atoms with Gasteiger partial charge in [0.1, 0.15) is 17.9 Å². The first kappa shape index (κ1) is 27.4. The van der Waals surface area contributed by atoms with Gasteiger partial charge < -0.3 is 15.5 Å². The minimum absolute atomic E-state index is 0.0216. The Hall–Kier alpha value is -5.18. The molecule has 5 amide bonds. The highest BCUT2D eigenvalue weighted by molar-refractivity contribution is 6.05. The normalized spacial score (nSPS) is 16.6. The number of aromatic nitrogens is 1. The molecule has 12 heteroatoms. The standard InChI is InChI=1S/C29H24F2N6O4/c1-29(2,20-5-3-16(10-21(20)30)17-9-15(11-32)12-33-13-17)36-28(41)34-22-6-4-18-19(25(22)31)14-37(27(18)40)23-7-8-24(38)35-26(23)39/h3-6,9-10,12-13,23H,7-8,14H2,1-2H3,(H2,34,36,41)(H,35,38,39). The van der Waals surface area contributed by atoms with Crippen LogP contribution in [-0.4, -0.2) is 39.7 Å². The van der Waals surface area contributed by atoms with Crippen molar-refractivity contribution < 1.29 is 28.0 Å². The number of anilines is 1. The van der Waals surface area contributed by atoms with E-state index in [1.165, 1.54) is 41.6 Å². The van der Waals surface area contributed by atoms with Crippen LogP contribution >= 0.6 is 0 Å². The van der Waals surface area contributed by atoms with E-state index in [1.54, 1.807) is 26.0 Å². The molecule has 3 aromatic rings. The fraction of sp³-hybridized carbons (Fsp3) is 0.241. The molecule has 1 fully saturated rings. The lowest BCUT2D eigenvalue weighted by atomic mass is 9.92. The zero-order chi connectivity index (χ0) is 29.5. The van der Waals surface area contributed by atoms with E-state index in [-0.39, 0.29) is 41.8 Å². The lowest BCUT2D eigenvalue weighted by Crippen LogP contribution is -2.52. The number of amides is 5. The zero-order valence-corrected chi connectivity index (χ0v) is 22.0. The molecule has 2 aromatic carbocycles. The van der Waals surface area contributed by atoms with Gasteiger partial charge in [0.15, 0.2) is 5.82 Å². The molecule has 0 spiro atoms. The monoisotopic (exact) mass is 558 g/mol. The lowest BCUT2D eigenvalue weighted by molar-refractivity contribution is -0.136. The van der Waals surface area contributed by atoms with Crippen LogP contribution in [0, 0.1) is 23.0 Å². The van der Waals surface area contributed by atoms with E-state index in [9.17, 15) is 19.2 Å². The minimum Gasteiger partial charge on any atom is -0.329 e. The summed E-state index contributed by atoms with van der Waals surface area (Å²) in [4.78, 5) is 54.6. The second-order valence-corrected chi connectivity index (χ2v) is 10.3. The topological polar surface area (TPSA) is 144 Å². The zero-order valence-electron chi connectivity index (χ0n) is 22.0. The van der Waals surface area contributed by atoms with Crippen molar-refractivity contribution in [2.24, 2.45) is 0 Å². The summed E-state index contributed by atoms with van der Waals surface area (Å²) in [6.07, 6.45) is 3.11. The summed E-state index contributed by atoms with van der Waals surface area (Å²) in [6.45, 7) is 2.97. The smallest absolute Gasteiger partial charge is 0.320 e. The molecule has 0 bridgehead atoms. The van der Waals surface area contributed by atoms with Crippen molar-refractivity contribution in [3.8, 4) is 17.2 Å². The number of carbonyl (C=O) groups excluding carboxylic acids is 4. The van der Waals surface area contributed by atoms with Crippen molar-refractivity contribution in [1.82, 2.24) is 20.5 Å². The third-order valence-electron chi connectivity index (χ3n) is 7.17. The van der Waals surface area contributed by atoms with Gasteiger partial charge in [-0.25, -0.2) is 13.6 Å². The molecule has 0 aliphatic carbocycles. The number of fused-ring (bicyclic) bond motifs is 1. The van der Waals surface area contributed by atoms with E-state index in [1.807, 2.05) is 6.07 Å². The summed E-state index contributed by atoms with van der Waals surface area (Å²) in [5.41, 5.74) is 0.223. The fourth-order valence-corrected chi connectivity index (χ4v) is 5.07. The molecule has 0 radical (unpaired) electrons. The van der Waals surface area contributed by atoms with Crippen molar-refractivity contribution in [3.05, 3.63) is 82.7 Å². The van der Waals surface area contributed by atoms with E-state index in [4.69, 9.17) is 5.26 Å². The number of urea groups is 1. The molecule has 2 aliphatic rings. The summed E-state index contributed by atoms with van der Waals surface area (Å²) >= 11 is 0. The third-order valence-corrected chi connectivity index (χ3v) is 7.17. The van der Waals surface area contributed by atoms with Crippen LogP contribution < -0.4 is 16.0 Å². The number of hydrogen-bond donors (Lipinski definition) is 3. The first-order valence-corrected chi connectivity index (χ1v) is 12.7. The summed E-state index contributed by atoms with van der Waals surface area (Å²) < 4.78 is 30.6. The Morgan fingerprint density at radius 3 is 2.61 bits per heavy atom. The number of rotatable bonds is 5. The average Bonchev–Trinajstić information content (AvgIpc) is 3.26. The maximum atomic E-state index is 15.4. The predicted octanol–water partition coefficient (Wildman–Crippen LogP) is 3.72. The number of pyridine rings is 1. The highest BCUT2D eigenvalue weighted by atomic mass is 19.1.